The van der Waals surface area contributed by atoms with E-state index in [1.807, 2.05) is 300 Å². The molecule has 0 bridgehead atoms. The number of nitrogens with zero attached hydrogens (tertiary/aromatic N) is 26. The van der Waals surface area contributed by atoms with Gasteiger partial charge in [0.15, 0.2) is 16.9 Å². The topological polar surface area (TPSA) is 298 Å². The Hall–Kier alpha value is -16.7. The van der Waals surface area contributed by atoms with Crippen LogP contribution >= 0.6 is 0 Å². The SMILES string of the molecule is c1cc2n(c1)CCC2.c1cc2nc[nH]c2cn1.c1cc2nccn2cn1.c1ccc2c[nH]cc2c1.c1ccn2cccc2c1.c1ccn2ccnc2c1.c1ccn2cncc2c1.c1ccn2cnnc2c1.c1ccn2nccc2c1.c1ccn2ncnc2c1.c1cn2ccnc2cn1.c1cnn2cccc2c1.c1ncc2[nH]ccc2n1. The summed E-state index contributed by atoms with van der Waals surface area (Å²) in [4.78, 5) is 52.6. The minimum Gasteiger partial charge on any atom is -0.366 e. The van der Waals surface area contributed by atoms with Crippen molar-refractivity contribution in [2.45, 2.75) is 19.4 Å². The molecule has 29 nitrogen and oxygen atoms in total. The third-order valence-electron chi connectivity index (χ3n) is 17.1. The minimum absolute atomic E-state index is 0.887. The van der Waals surface area contributed by atoms with Crippen molar-refractivity contribution in [1.82, 2.24) is 140 Å². The average molecular weight is 1530 g/mol. The molecule has 25 aromatic rings. The zero-order valence-electron chi connectivity index (χ0n) is 62.5. The number of aromatic nitrogens is 29. The summed E-state index contributed by atoms with van der Waals surface area (Å²) in [6.45, 7) is 1.24. The first-order valence-corrected chi connectivity index (χ1v) is 36.7. The van der Waals surface area contributed by atoms with Gasteiger partial charge in [0.05, 0.1) is 76.1 Å². The lowest BCUT2D eigenvalue weighted by molar-refractivity contribution is 0.750. The maximum absolute atomic E-state index is 4.08. The number of hydrogen-bond acceptors (Lipinski definition) is 16. The van der Waals surface area contributed by atoms with Crippen LogP contribution in [0.3, 0.4) is 0 Å². The van der Waals surface area contributed by atoms with Gasteiger partial charge in [-0.2, -0.15) is 15.3 Å². The number of rotatable bonds is 0. The van der Waals surface area contributed by atoms with E-state index in [2.05, 4.69) is 147 Å². The standard InChI is InChI=1S/2C8H7N.4C7H6N2.C7H9N.6C6H5N3/c1-2-6-9-7-3-5-8(9)4-1;1-2-4-8-6-9-5-7(8)3-1;1-3-7-4-2-6-9(7)8-5-1;1-2-6-9-7(3-1)4-5-8-9;1-2-5-9-6-4-8-7(9)3-1;1-2-4-9-6-8-5-7(9)3-1;1-3-7-4-2-6-8(7)5-1;1-3-9-4-2-8-6(9)5-7-1;1-2-8-6-3-7-4-9-5(1)6;1-2-7-3-6-5(1)8-4-9-6;1-2-7-5-9-4-3-8-6(1)9;1-2-4-9-5-7-8-6(9)3-1;1-2-4-9-6(3-1)7-5-8-9/h1-7H;1-6,9H;4*1-6H;1,3,5H,2,4,6H2;1-5H;1-4,8H;1-4H,(H,8,9);3*1-5H. The van der Waals surface area contributed by atoms with Crippen LogP contribution in [-0.2, 0) is 13.0 Å². The molecule has 1 aliphatic rings. The molecule has 0 fully saturated rings. The predicted molar refractivity (Wildman–Crippen MR) is 449 cm³/mol. The molecule has 570 valence electrons. The zero-order chi connectivity index (χ0) is 78.7. The second-order valence-electron chi connectivity index (χ2n) is 24.7. The largest absolute Gasteiger partial charge is 0.366 e. The number of H-pyrrole nitrogens is 3. The lowest BCUT2D eigenvalue weighted by atomic mass is 10.2. The number of fused-ring (bicyclic) bond motifs is 13. The highest BCUT2D eigenvalue weighted by atomic mass is 15.3. The van der Waals surface area contributed by atoms with Gasteiger partial charge in [-0.1, -0.05) is 60.7 Å². The summed E-state index contributed by atoms with van der Waals surface area (Å²) in [5, 5.41) is 22.1. The van der Waals surface area contributed by atoms with Crippen LogP contribution in [-0.4, -0.2) is 140 Å². The third kappa shape index (κ3) is 21.8. The summed E-state index contributed by atoms with van der Waals surface area (Å²) in [5.41, 5.74) is 14.6. The summed E-state index contributed by atoms with van der Waals surface area (Å²) >= 11 is 0. The van der Waals surface area contributed by atoms with Gasteiger partial charge in [-0.25, -0.2) is 58.4 Å². The highest BCUT2D eigenvalue weighted by Gasteiger charge is 2.06. The van der Waals surface area contributed by atoms with Crippen LogP contribution in [0.4, 0.5) is 0 Å². The van der Waals surface area contributed by atoms with Crippen LogP contribution in [0.1, 0.15) is 12.1 Å². The minimum atomic E-state index is 0.887. The summed E-state index contributed by atoms with van der Waals surface area (Å²) in [7, 11) is 0. The van der Waals surface area contributed by atoms with Gasteiger partial charge in [-0.15, -0.1) is 10.2 Å². The fourth-order valence-electron chi connectivity index (χ4n) is 11.4. The van der Waals surface area contributed by atoms with Crippen molar-refractivity contribution < 1.29 is 0 Å². The Morgan fingerprint density at radius 1 is 0.302 bits per heavy atom. The van der Waals surface area contributed by atoms with Crippen molar-refractivity contribution in [2.75, 3.05) is 0 Å². The first-order chi connectivity index (χ1) is 57.6. The second kappa shape index (κ2) is 40.6. The molecular formula is C87H77N29. The Bertz CT molecular complexity index is 5220. The molecule has 3 N–H and O–H groups in total. The molecule has 0 saturated carbocycles. The predicted octanol–water partition coefficient (Wildman–Crippen LogP) is 15.7. The highest BCUT2D eigenvalue weighted by molar-refractivity contribution is 5.81. The molecule has 0 saturated heterocycles. The van der Waals surface area contributed by atoms with Crippen LogP contribution < -0.4 is 0 Å². The maximum atomic E-state index is 4.08. The number of benzene rings is 1. The van der Waals surface area contributed by atoms with Gasteiger partial charge >= 0.3 is 0 Å². The van der Waals surface area contributed by atoms with E-state index in [-0.39, 0.29) is 0 Å². The van der Waals surface area contributed by atoms with Crippen molar-refractivity contribution in [3.8, 4) is 0 Å². The molecule has 1 aromatic carbocycles. The van der Waals surface area contributed by atoms with Gasteiger partial charge in [0.25, 0.3) is 0 Å². The lowest BCUT2D eigenvalue weighted by Crippen LogP contribution is -1.86. The van der Waals surface area contributed by atoms with E-state index in [9.17, 15) is 0 Å². The van der Waals surface area contributed by atoms with Crippen molar-refractivity contribution in [2.24, 2.45) is 0 Å². The quantitative estimate of drug-likeness (QED) is 0.127. The molecule has 0 aliphatic carbocycles. The smallest absolute Gasteiger partial charge is 0.160 e. The molecule has 0 unspecified atom stereocenters. The monoisotopic (exact) mass is 1530 g/mol. The van der Waals surface area contributed by atoms with Gasteiger partial charge in [-0.05, 0) is 169 Å². The van der Waals surface area contributed by atoms with Gasteiger partial charge in [0.1, 0.15) is 36.6 Å². The van der Waals surface area contributed by atoms with Crippen LogP contribution in [0.2, 0.25) is 0 Å². The normalized spacial score (nSPS) is 10.7. The Morgan fingerprint density at radius 3 is 1.64 bits per heavy atom. The van der Waals surface area contributed by atoms with Crippen molar-refractivity contribution in [3.05, 3.63) is 423 Å². The fourth-order valence-corrected chi connectivity index (χ4v) is 11.4. The van der Waals surface area contributed by atoms with Crippen LogP contribution in [0, 0.1) is 0 Å². The van der Waals surface area contributed by atoms with Crippen molar-refractivity contribution >= 4 is 83.1 Å². The Balaban J connectivity index is 0.000000104. The average Bonchev–Trinajstić information content (AvgIpc) is 1.72. The molecule has 1 aliphatic heterocycles. The van der Waals surface area contributed by atoms with E-state index < -0.39 is 0 Å². The van der Waals surface area contributed by atoms with Crippen LogP contribution in [0.25, 0.3) is 83.1 Å². The molecule has 26 rings (SSSR count). The van der Waals surface area contributed by atoms with Crippen molar-refractivity contribution in [3.63, 3.8) is 0 Å². The molecule has 25 heterocycles. The van der Waals surface area contributed by atoms with Crippen LogP contribution in [0.5, 0.6) is 0 Å². The molecule has 29 heteroatoms. The number of pyridine rings is 7. The Morgan fingerprint density at radius 2 is 0.879 bits per heavy atom. The van der Waals surface area contributed by atoms with E-state index in [1.54, 1.807) is 98.0 Å². The summed E-state index contributed by atoms with van der Waals surface area (Å²) in [5.74, 6) is 0. The molecule has 0 atom stereocenters. The summed E-state index contributed by atoms with van der Waals surface area (Å²) in [6.07, 6.45) is 64.8. The molecular weight excluding hydrogens is 1450 g/mol. The summed E-state index contributed by atoms with van der Waals surface area (Å²) in [6, 6.07) is 67.8. The van der Waals surface area contributed by atoms with Crippen LogP contribution in [0.15, 0.2) is 418 Å². The number of nitrogens with one attached hydrogen (secondary N) is 3. The van der Waals surface area contributed by atoms with E-state index >= 15 is 0 Å². The Labute approximate surface area is 662 Å². The van der Waals surface area contributed by atoms with E-state index in [0.717, 1.165) is 66.9 Å². The zero-order valence-corrected chi connectivity index (χ0v) is 62.5. The summed E-state index contributed by atoms with van der Waals surface area (Å²) < 4.78 is 19.4. The first-order valence-electron chi connectivity index (χ1n) is 36.7. The number of aromatic amines is 3. The number of hydrogen-bond donors (Lipinski definition) is 3. The number of aryl methyl sites for hydroxylation is 2. The highest BCUT2D eigenvalue weighted by Crippen LogP contribution is 2.14. The molecule has 116 heavy (non-hydrogen) atoms. The molecule has 24 aromatic heterocycles. The third-order valence-corrected chi connectivity index (χ3v) is 17.1. The van der Waals surface area contributed by atoms with Gasteiger partial charge in [0.2, 0.25) is 0 Å². The van der Waals surface area contributed by atoms with E-state index in [0.29, 0.717) is 0 Å². The second-order valence-corrected chi connectivity index (χ2v) is 24.7. The van der Waals surface area contributed by atoms with E-state index in [1.165, 1.54) is 54.0 Å². The lowest BCUT2D eigenvalue weighted by Gasteiger charge is -1.90. The van der Waals surface area contributed by atoms with Crippen molar-refractivity contribution in [1.29, 1.82) is 0 Å². The fraction of sp³-hybridized carbons (Fsp3) is 0.0345. The van der Waals surface area contributed by atoms with Gasteiger partial charge in [0, 0.05) is 166 Å². The molecule has 0 spiro atoms. The first kappa shape index (κ1) is 76.1. The van der Waals surface area contributed by atoms with Gasteiger partial charge < -0.3 is 37.1 Å². The number of imidazole rings is 5. The van der Waals surface area contributed by atoms with E-state index in [4.69, 9.17) is 0 Å². The van der Waals surface area contributed by atoms with Gasteiger partial charge in [-0.3, -0.25) is 18.8 Å². The molecule has 0 amide bonds. The molecule has 0 radical (unpaired) electrons. The maximum Gasteiger partial charge on any atom is 0.160 e. The Kier molecular flexibility index (Phi) is 26.6.